The van der Waals surface area contributed by atoms with Crippen molar-refractivity contribution in [3.8, 4) is 0 Å². The van der Waals surface area contributed by atoms with Crippen LogP contribution in [0.15, 0.2) is 24.3 Å². The lowest BCUT2D eigenvalue weighted by molar-refractivity contribution is 0.427. The summed E-state index contributed by atoms with van der Waals surface area (Å²) in [7, 11) is 0. The van der Waals surface area contributed by atoms with Crippen LogP contribution in [0.3, 0.4) is 0 Å². The molecule has 0 aromatic heterocycles. The summed E-state index contributed by atoms with van der Waals surface area (Å²) in [4.78, 5) is 2.29. The molecule has 1 heterocycles. The fourth-order valence-electron chi connectivity index (χ4n) is 2.17. The van der Waals surface area contributed by atoms with E-state index in [0.29, 0.717) is 0 Å². The third kappa shape index (κ3) is 4.14. The van der Waals surface area contributed by atoms with Crippen LogP contribution in [0.5, 0.6) is 0 Å². The largest absolute Gasteiger partial charge is 0.358 e. The number of benzene rings is 1. The highest BCUT2D eigenvalue weighted by molar-refractivity contribution is 7.80. The lowest BCUT2D eigenvalue weighted by Gasteiger charge is -2.23. The molecule has 0 saturated carbocycles. The molecule has 2 nitrogen and oxygen atoms in total. The van der Waals surface area contributed by atoms with E-state index in [1.165, 1.54) is 31.2 Å². The van der Waals surface area contributed by atoms with Crippen molar-refractivity contribution in [2.24, 2.45) is 0 Å². The van der Waals surface area contributed by atoms with Crippen LogP contribution in [0.2, 0.25) is 5.02 Å². The van der Waals surface area contributed by atoms with Gasteiger partial charge in [0.05, 0.1) is 0 Å². The van der Waals surface area contributed by atoms with E-state index in [0.717, 1.165) is 29.8 Å². The van der Waals surface area contributed by atoms with Gasteiger partial charge in [0.15, 0.2) is 5.11 Å². The molecule has 1 aromatic rings. The third-order valence-electron chi connectivity index (χ3n) is 3.25. The Hall–Kier alpha value is -0.800. The molecule has 1 saturated heterocycles. The summed E-state index contributed by atoms with van der Waals surface area (Å²) in [6, 6.07) is 7.88. The van der Waals surface area contributed by atoms with Crippen molar-refractivity contribution < 1.29 is 0 Å². The molecule has 4 heteroatoms. The van der Waals surface area contributed by atoms with E-state index in [2.05, 4.69) is 10.2 Å². The molecular weight excluding hydrogens is 264 g/mol. The van der Waals surface area contributed by atoms with Gasteiger partial charge < -0.3 is 10.2 Å². The summed E-state index contributed by atoms with van der Waals surface area (Å²) in [6.07, 6.45) is 5.16. The molecule has 0 atom stereocenters. The summed E-state index contributed by atoms with van der Waals surface area (Å²) in [5, 5.41) is 4.98. The quantitative estimate of drug-likeness (QED) is 0.835. The second-order valence-corrected chi connectivity index (χ2v) is 5.51. The highest BCUT2D eigenvalue weighted by Crippen LogP contribution is 2.11. The third-order valence-corrected chi connectivity index (χ3v) is 3.90. The molecule has 0 unspecified atom stereocenters. The molecule has 98 valence electrons. The monoisotopic (exact) mass is 282 g/mol. The molecule has 0 amide bonds. The Morgan fingerprint density at radius 1 is 1.11 bits per heavy atom. The van der Waals surface area contributed by atoms with Gasteiger partial charge in [-0.25, -0.2) is 0 Å². The number of nitrogens with one attached hydrogen (secondary N) is 1. The second kappa shape index (κ2) is 6.95. The molecule has 1 aromatic carbocycles. The molecule has 0 aliphatic carbocycles. The first-order valence-corrected chi connectivity index (χ1v) is 7.31. The number of hydrogen-bond donors (Lipinski definition) is 1. The highest BCUT2D eigenvalue weighted by Gasteiger charge is 2.11. The van der Waals surface area contributed by atoms with Crippen LogP contribution >= 0.6 is 23.8 Å². The zero-order valence-electron chi connectivity index (χ0n) is 10.5. The molecule has 1 aliphatic heterocycles. The number of nitrogens with zero attached hydrogens (tertiary/aromatic N) is 1. The minimum absolute atomic E-state index is 0.770. The average molecular weight is 283 g/mol. The maximum Gasteiger partial charge on any atom is 0.169 e. The first kappa shape index (κ1) is 13.6. The number of rotatable bonds is 2. The lowest BCUT2D eigenvalue weighted by atomic mass is 10.2. The van der Waals surface area contributed by atoms with Crippen molar-refractivity contribution >= 4 is 28.9 Å². The van der Waals surface area contributed by atoms with Crippen LogP contribution in [-0.4, -0.2) is 23.1 Å². The van der Waals surface area contributed by atoms with Gasteiger partial charge in [0.2, 0.25) is 0 Å². The Labute approximate surface area is 119 Å². The van der Waals surface area contributed by atoms with Gasteiger partial charge in [0.25, 0.3) is 0 Å². The molecule has 2 rings (SSSR count). The molecule has 18 heavy (non-hydrogen) atoms. The van der Waals surface area contributed by atoms with Crippen LogP contribution in [0, 0.1) is 0 Å². The van der Waals surface area contributed by atoms with Crippen LogP contribution in [-0.2, 0) is 6.54 Å². The molecule has 1 fully saturated rings. The van der Waals surface area contributed by atoms with Gasteiger partial charge in [-0.3, -0.25) is 0 Å². The molecule has 0 radical (unpaired) electrons. The van der Waals surface area contributed by atoms with Gasteiger partial charge in [-0.2, -0.15) is 0 Å². The number of halogens is 1. The standard InChI is InChI=1S/C14H19ClN2S/c15-13-7-5-12(6-8-13)11-16-14(18)17-9-3-1-2-4-10-17/h5-8H,1-4,9-11H2,(H,16,18). The fourth-order valence-corrected chi connectivity index (χ4v) is 2.55. The predicted octanol–water partition coefficient (Wildman–Crippen LogP) is 3.59. The van der Waals surface area contributed by atoms with Crippen LogP contribution in [0.4, 0.5) is 0 Å². The van der Waals surface area contributed by atoms with Gasteiger partial charge in [0, 0.05) is 24.7 Å². The highest BCUT2D eigenvalue weighted by atomic mass is 35.5. The first-order chi connectivity index (χ1) is 8.75. The van der Waals surface area contributed by atoms with E-state index in [4.69, 9.17) is 23.8 Å². The van der Waals surface area contributed by atoms with E-state index in [1.807, 2.05) is 24.3 Å². The van der Waals surface area contributed by atoms with Crippen molar-refractivity contribution in [3.63, 3.8) is 0 Å². The Bertz CT molecular complexity index is 383. The number of hydrogen-bond acceptors (Lipinski definition) is 1. The van der Waals surface area contributed by atoms with Crippen molar-refractivity contribution in [3.05, 3.63) is 34.9 Å². The summed E-state index contributed by atoms with van der Waals surface area (Å²) in [6.45, 7) is 2.95. The maximum absolute atomic E-state index is 5.86. The molecule has 1 N–H and O–H groups in total. The average Bonchev–Trinajstić information content (AvgIpc) is 2.66. The van der Waals surface area contributed by atoms with E-state index in [-0.39, 0.29) is 0 Å². The Kier molecular flexibility index (Phi) is 5.26. The summed E-state index contributed by atoms with van der Waals surface area (Å²) in [5.74, 6) is 0. The molecule has 1 aliphatic rings. The summed E-state index contributed by atoms with van der Waals surface area (Å²) < 4.78 is 0. The van der Waals surface area contributed by atoms with E-state index < -0.39 is 0 Å². The van der Waals surface area contributed by atoms with Crippen molar-refractivity contribution in [1.82, 2.24) is 10.2 Å². The van der Waals surface area contributed by atoms with Crippen LogP contribution in [0.1, 0.15) is 31.2 Å². The lowest BCUT2D eigenvalue weighted by Crippen LogP contribution is -2.39. The van der Waals surface area contributed by atoms with E-state index in [1.54, 1.807) is 0 Å². The first-order valence-electron chi connectivity index (χ1n) is 6.53. The summed E-state index contributed by atoms with van der Waals surface area (Å²) >= 11 is 11.3. The zero-order valence-corrected chi connectivity index (χ0v) is 12.1. The minimum Gasteiger partial charge on any atom is -0.358 e. The topological polar surface area (TPSA) is 15.3 Å². The maximum atomic E-state index is 5.86. The predicted molar refractivity (Wildman–Crippen MR) is 80.9 cm³/mol. The zero-order chi connectivity index (χ0) is 12.8. The Morgan fingerprint density at radius 3 is 2.33 bits per heavy atom. The smallest absolute Gasteiger partial charge is 0.169 e. The van der Waals surface area contributed by atoms with Gasteiger partial charge in [0.1, 0.15) is 0 Å². The molecule has 0 spiro atoms. The van der Waals surface area contributed by atoms with Crippen molar-refractivity contribution in [1.29, 1.82) is 0 Å². The van der Waals surface area contributed by atoms with Gasteiger partial charge in [-0.15, -0.1) is 0 Å². The van der Waals surface area contributed by atoms with E-state index in [9.17, 15) is 0 Å². The van der Waals surface area contributed by atoms with Gasteiger partial charge in [-0.05, 0) is 42.8 Å². The fraction of sp³-hybridized carbons (Fsp3) is 0.500. The summed E-state index contributed by atoms with van der Waals surface area (Å²) in [5.41, 5.74) is 1.21. The number of thiocarbonyl (C=S) groups is 1. The molecule has 0 bridgehead atoms. The Balaban J connectivity index is 1.81. The Morgan fingerprint density at radius 2 is 1.72 bits per heavy atom. The van der Waals surface area contributed by atoms with Gasteiger partial charge >= 0.3 is 0 Å². The van der Waals surface area contributed by atoms with E-state index >= 15 is 0 Å². The minimum atomic E-state index is 0.770. The SMILES string of the molecule is S=C(NCc1ccc(Cl)cc1)N1CCCCCC1. The van der Waals surface area contributed by atoms with Crippen molar-refractivity contribution in [2.45, 2.75) is 32.2 Å². The molecular formula is C14H19ClN2S. The normalized spacial score (nSPS) is 16.2. The number of likely N-dealkylation sites (tertiary alicyclic amines) is 1. The second-order valence-electron chi connectivity index (χ2n) is 4.69. The van der Waals surface area contributed by atoms with Crippen LogP contribution in [0.25, 0.3) is 0 Å². The van der Waals surface area contributed by atoms with Crippen molar-refractivity contribution in [2.75, 3.05) is 13.1 Å². The van der Waals surface area contributed by atoms with Gasteiger partial charge in [-0.1, -0.05) is 36.6 Å². The van der Waals surface area contributed by atoms with Crippen LogP contribution < -0.4 is 5.32 Å².